The van der Waals surface area contributed by atoms with Gasteiger partial charge in [0.15, 0.2) is 0 Å². The average Bonchev–Trinajstić information content (AvgIpc) is 2.53. The molecule has 1 aliphatic heterocycles. The number of benzene rings is 1. The van der Waals surface area contributed by atoms with Crippen LogP contribution in [0.3, 0.4) is 0 Å². The van der Waals surface area contributed by atoms with E-state index in [1.807, 2.05) is 24.3 Å². The molecule has 0 aromatic heterocycles. The highest BCUT2D eigenvalue weighted by Crippen LogP contribution is 2.21. The predicted octanol–water partition coefficient (Wildman–Crippen LogP) is 3.39. The zero-order valence-corrected chi connectivity index (χ0v) is 14.4. The number of hydrogen-bond acceptors (Lipinski definition) is 4. The maximum atomic E-state index is 5.82. The zero-order valence-electron chi connectivity index (χ0n) is 13.6. The summed E-state index contributed by atoms with van der Waals surface area (Å²) in [6.45, 7) is 9.81. The SMILES string of the molecule is CCC(C)Oc1cccc(OCCCN2CCOCC2)c1.Cl. The molecule has 0 N–H and O–H groups in total. The van der Waals surface area contributed by atoms with E-state index in [-0.39, 0.29) is 18.5 Å². The summed E-state index contributed by atoms with van der Waals surface area (Å²) in [5, 5.41) is 0. The average molecular weight is 330 g/mol. The fraction of sp³-hybridized carbons (Fsp3) is 0.647. The third-order valence-electron chi connectivity index (χ3n) is 3.71. The number of halogens is 1. The van der Waals surface area contributed by atoms with Crippen molar-refractivity contribution in [1.82, 2.24) is 4.90 Å². The van der Waals surface area contributed by atoms with Gasteiger partial charge in [0.05, 0.1) is 25.9 Å². The normalized spacial score (nSPS) is 16.6. The first-order valence-electron chi connectivity index (χ1n) is 7.97. The van der Waals surface area contributed by atoms with E-state index in [4.69, 9.17) is 14.2 Å². The van der Waals surface area contributed by atoms with Gasteiger partial charge in [0.25, 0.3) is 0 Å². The van der Waals surface area contributed by atoms with E-state index in [1.54, 1.807) is 0 Å². The highest BCUT2D eigenvalue weighted by Gasteiger charge is 2.09. The molecule has 0 radical (unpaired) electrons. The maximum Gasteiger partial charge on any atom is 0.123 e. The third kappa shape index (κ3) is 6.86. The van der Waals surface area contributed by atoms with Crippen LogP contribution in [-0.2, 0) is 4.74 Å². The first-order valence-corrected chi connectivity index (χ1v) is 7.97. The smallest absolute Gasteiger partial charge is 0.123 e. The second-order valence-electron chi connectivity index (χ2n) is 5.47. The Labute approximate surface area is 140 Å². The molecule has 126 valence electrons. The molecule has 1 heterocycles. The van der Waals surface area contributed by atoms with Gasteiger partial charge < -0.3 is 14.2 Å². The fourth-order valence-electron chi connectivity index (χ4n) is 2.26. The number of morpholine rings is 1. The molecule has 1 fully saturated rings. The van der Waals surface area contributed by atoms with Crippen LogP contribution in [0.1, 0.15) is 26.7 Å². The monoisotopic (exact) mass is 329 g/mol. The second-order valence-corrected chi connectivity index (χ2v) is 5.47. The van der Waals surface area contributed by atoms with Crippen molar-refractivity contribution in [2.45, 2.75) is 32.8 Å². The van der Waals surface area contributed by atoms with Crippen molar-refractivity contribution in [2.75, 3.05) is 39.5 Å². The molecule has 4 nitrogen and oxygen atoms in total. The summed E-state index contributed by atoms with van der Waals surface area (Å²) in [5.74, 6) is 1.77. The lowest BCUT2D eigenvalue weighted by Crippen LogP contribution is -2.37. The molecular weight excluding hydrogens is 302 g/mol. The van der Waals surface area contributed by atoms with Crippen LogP contribution in [0.2, 0.25) is 0 Å². The van der Waals surface area contributed by atoms with Gasteiger partial charge in [0.2, 0.25) is 0 Å². The Bertz CT molecular complexity index is 411. The minimum Gasteiger partial charge on any atom is -0.493 e. The van der Waals surface area contributed by atoms with Gasteiger partial charge in [0.1, 0.15) is 11.5 Å². The molecule has 0 spiro atoms. The Hall–Kier alpha value is -0.970. The van der Waals surface area contributed by atoms with Crippen molar-refractivity contribution in [3.63, 3.8) is 0 Å². The molecule has 1 aromatic rings. The molecule has 1 unspecified atom stereocenters. The maximum absolute atomic E-state index is 5.82. The van der Waals surface area contributed by atoms with Crippen LogP contribution in [-0.4, -0.2) is 50.5 Å². The highest BCUT2D eigenvalue weighted by atomic mass is 35.5. The van der Waals surface area contributed by atoms with Crippen molar-refractivity contribution < 1.29 is 14.2 Å². The number of nitrogens with zero attached hydrogens (tertiary/aromatic N) is 1. The number of rotatable bonds is 8. The topological polar surface area (TPSA) is 30.9 Å². The highest BCUT2D eigenvalue weighted by molar-refractivity contribution is 5.85. The number of hydrogen-bond donors (Lipinski definition) is 0. The van der Waals surface area contributed by atoms with Gasteiger partial charge in [-0.1, -0.05) is 13.0 Å². The summed E-state index contributed by atoms with van der Waals surface area (Å²) < 4.78 is 17.0. The van der Waals surface area contributed by atoms with Gasteiger partial charge in [-0.2, -0.15) is 0 Å². The van der Waals surface area contributed by atoms with Gasteiger partial charge in [-0.05, 0) is 31.9 Å². The Morgan fingerprint density at radius 2 is 1.95 bits per heavy atom. The lowest BCUT2D eigenvalue weighted by Gasteiger charge is -2.26. The van der Waals surface area contributed by atoms with Crippen molar-refractivity contribution in [1.29, 1.82) is 0 Å². The Balaban J connectivity index is 0.00000242. The van der Waals surface area contributed by atoms with E-state index in [0.717, 1.165) is 63.8 Å². The minimum atomic E-state index is 0. The molecule has 0 saturated carbocycles. The molecule has 22 heavy (non-hydrogen) atoms. The van der Waals surface area contributed by atoms with Crippen LogP contribution in [0, 0.1) is 0 Å². The van der Waals surface area contributed by atoms with Crippen molar-refractivity contribution >= 4 is 12.4 Å². The summed E-state index contributed by atoms with van der Waals surface area (Å²) >= 11 is 0. The quantitative estimate of drug-likeness (QED) is 0.684. The van der Waals surface area contributed by atoms with E-state index in [1.165, 1.54) is 0 Å². The Kier molecular flexibility index (Phi) is 9.28. The molecule has 5 heteroatoms. The fourth-order valence-corrected chi connectivity index (χ4v) is 2.26. The van der Waals surface area contributed by atoms with Crippen LogP contribution in [0.5, 0.6) is 11.5 Å². The van der Waals surface area contributed by atoms with Crippen LogP contribution < -0.4 is 9.47 Å². The minimum absolute atomic E-state index is 0. The van der Waals surface area contributed by atoms with E-state index < -0.39 is 0 Å². The molecule has 1 saturated heterocycles. The van der Waals surface area contributed by atoms with Gasteiger partial charge in [-0.15, -0.1) is 12.4 Å². The standard InChI is InChI=1S/C17H27NO3.ClH/c1-3-15(2)21-17-7-4-6-16(14-17)20-11-5-8-18-9-12-19-13-10-18;/h4,6-7,14-15H,3,5,8-13H2,1-2H3;1H. The summed E-state index contributed by atoms with van der Waals surface area (Å²) in [5.41, 5.74) is 0. The molecule has 0 amide bonds. The van der Waals surface area contributed by atoms with Crippen LogP contribution >= 0.6 is 12.4 Å². The van der Waals surface area contributed by atoms with E-state index in [2.05, 4.69) is 18.7 Å². The first kappa shape index (κ1) is 19.1. The second kappa shape index (κ2) is 10.7. The summed E-state index contributed by atoms with van der Waals surface area (Å²) in [6.07, 6.45) is 2.28. The Morgan fingerprint density at radius 3 is 2.68 bits per heavy atom. The van der Waals surface area contributed by atoms with Gasteiger partial charge >= 0.3 is 0 Å². The van der Waals surface area contributed by atoms with Gasteiger partial charge in [-0.3, -0.25) is 4.90 Å². The number of ether oxygens (including phenoxy) is 3. The third-order valence-corrected chi connectivity index (χ3v) is 3.71. The van der Waals surface area contributed by atoms with Gasteiger partial charge in [0, 0.05) is 25.7 Å². The molecule has 1 aliphatic rings. The van der Waals surface area contributed by atoms with E-state index in [9.17, 15) is 0 Å². The van der Waals surface area contributed by atoms with Gasteiger partial charge in [-0.25, -0.2) is 0 Å². The summed E-state index contributed by atoms with van der Waals surface area (Å²) in [7, 11) is 0. The van der Waals surface area contributed by atoms with Crippen LogP contribution in [0.4, 0.5) is 0 Å². The Morgan fingerprint density at radius 1 is 1.23 bits per heavy atom. The lowest BCUT2D eigenvalue weighted by molar-refractivity contribution is 0.0358. The van der Waals surface area contributed by atoms with Crippen LogP contribution in [0.25, 0.3) is 0 Å². The molecular formula is C17H28ClNO3. The van der Waals surface area contributed by atoms with Crippen molar-refractivity contribution in [3.8, 4) is 11.5 Å². The first-order chi connectivity index (χ1) is 10.3. The molecule has 0 bridgehead atoms. The largest absolute Gasteiger partial charge is 0.493 e. The molecule has 1 aromatic carbocycles. The van der Waals surface area contributed by atoms with Crippen molar-refractivity contribution in [3.05, 3.63) is 24.3 Å². The molecule has 0 aliphatic carbocycles. The van der Waals surface area contributed by atoms with E-state index in [0.29, 0.717) is 0 Å². The predicted molar refractivity (Wildman–Crippen MR) is 91.4 cm³/mol. The summed E-state index contributed by atoms with van der Waals surface area (Å²) in [6, 6.07) is 7.92. The summed E-state index contributed by atoms with van der Waals surface area (Å²) in [4.78, 5) is 2.43. The lowest BCUT2D eigenvalue weighted by atomic mass is 10.3. The molecule has 1 atom stereocenters. The molecule has 2 rings (SSSR count). The zero-order chi connectivity index (χ0) is 14.9. The van der Waals surface area contributed by atoms with Crippen molar-refractivity contribution in [2.24, 2.45) is 0 Å². The van der Waals surface area contributed by atoms with E-state index >= 15 is 0 Å². The van der Waals surface area contributed by atoms with Crippen LogP contribution in [0.15, 0.2) is 24.3 Å².